The van der Waals surface area contributed by atoms with Crippen LogP contribution in [0.15, 0.2) is 18.2 Å². The van der Waals surface area contributed by atoms with Crippen LogP contribution in [0.4, 0.5) is 8.78 Å². The Labute approximate surface area is 114 Å². The van der Waals surface area contributed by atoms with Gasteiger partial charge in [0.05, 0.1) is 0 Å². The summed E-state index contributed by atoms with van der Waals surface area (Å²) in [6, 6.07) is 2.81. The van der Waals surface area contributed by atoms with Crippen molar-refractivity contribution >= 4 is 23.2 Å². The number of amides is 1. The van der Waals surface area contributed by atoms with Crippen molar-refractivity contribution in [2.75, 3.05) is 13.2 Å². The van der Waals surface area contributed by atoms with Crippen molar-refractivity contribution in [3.63, 3.8) is 0 Å². The molecule has 0 saturated carbocycles. The van der Waals surface area contributed by atoms with E-state index in [2.05, 4.69) is 16.2 Å². The van der Waals surface area contributed by atoms with Crippen molar-refractivity contribution in [2.45, 2.75) is 6.92 Å². The van der Waals surface area contributed by atoms with Crippen molar-refractivity contribution in [1.82, 2.24) is 16.2 Å². The van der Waals surface area contributed by atoms with Crippen LogP contribution in [0.3, 0.4) is 0 Å². The molecule has 0 saturated heterocycles. The van der Waals surface area contributed by atoms with Crippen LogP contribution in [0, 0.1) is 11.6 Å². The van der Waals surface area contributed by atoms with E-state index in [1.165, 1.54) is 0 Å². The first-order chi connectivity index (χ1) is 9.02. The minimum Gasteiger partial charge on any atom is -0.481 e. The average molecular weight is 289 g/mol. The quantitative estimate of drug-likeness (QED) is 0.567. The molecule has 0 spiro atoms. The first-order valence-electron chi connectivity index (χ1n) is 5.43. The largest absolute Gasteiger partial charge is 0.481 e. The summed E-state index contributed by atoms with van der Waals surface area (Å²) in [6.07, 6.45) is 0. The highest BCUT2D eigenvalue weighted by Gasteiger charge is 2.08. The van der Waals surface area contributed by atoms with Crippen LogP contribution in [-0.4, -0.2) is 24.2 Å². The van der Waals surface area contributed by atoms with E-state index in [1.54, 1.807) is 0 Å². The maximum absolute atomic E-state index is 13.2. The van der Waals surface area contributed by atoms with Crippen LogP contribution in [0.25, 0.3) is 0 Å². The number of hydrogen-bond acceptors (Lipinski definition) is 3. The number of halogens is 2. The summed E-state index contributed by atoms with van der Waals surface area (Å²) in [5.41, 5.74) is 4.68. The van der Waals surface area contributed by atoms with Crippen molar-refractivity contribution in [1.29, 1.82) is 0 Å². The molecule has 0 bridgehead atoms. The highest BCUT2D eigenvalue weighted by Crippen LogP contribution is 2.17. The highest BCUT2D eigenvalue weighted by molar-refractivity contribution is 7.80. The normalized spacial score (nSPS) is 9.63. The van der Waals surface area contributed by atoms with Crippen LogP contribution >= 0.6 is 12.2 Å². The summed E-state index contributed by atoms with van der Waals surface area (Å²) in [4.78, 5) is 11.3. The van der Waals surface area contributed by atoms with Gasteiger partial charge in [0, 0.05) is 12.6 Å². The molecular weight excluding hydrogens is 276 g/mol. The maximum Gasteiger partial charge on any atom is 0.276 e. The second-order valence-electron chi connectivity index (χ2n) is 3.40. The molecule has 0 radical (unpaired) electrons. The van der Waals surface area contributed by atoms with Gasteiger partial charge in [-0.15, -0.1) is 0 Å². The molecule has 5 nitrogen and oxygen atoms in total. The first-order valence-corrected chi connectivity index (χ1v) is 5.84. The van der Waals surface area contributed by atoms with E-state index in [0.29, 0.717) is 12.6 Å². The minimum atomic E-state index is -0.871. The number of rotatable bonds is 4. The summed E-state index contributed by atoms with van der Waals surface area (Å²) in [5.74, 6) is -2.34. The summed E-state index contributed by atoms with van der Waals surface area (Å²) < 4.78 is 30.7. The minimum absolute atomic E-state index is 0.203. The van der Waals surface area contributed by atoms with Gasteiger partial charge in [0.25, 0.3) is 5.91 Å². The van der Waals surface area contributed by atoms with Gasteiger partial charge >= 0.3 is 0 Å². The second kappa shape index (κ2) is 7.47. The fraction of sp³-hybridized carbons (Fsp3) is 0.273. The summed E-state index contributed by atoms with van der Waals surface area (Å²) in [7, 11) is 0. The van der Waals surface area contributed by atoms with Gasteiger partial charge in [-0.05, 0) is 31.3 Å². The number of carbonyl (C=O) groups excluding carboxylic acids is 1. The van der Waals surface area contributed by atoms with Crippen LogP contribution in [0.2, 0.25) is 0 Å². The molecule has 3 N–H and O–H groups in total. The van der Waals surface area contributed by atoms with Gasteiger partial charge in [0.2, 0.25) is 0 Å². The highest BCUT2D eigenvalue weighted by atomic mass is 32.1. The number of hydrogen-bond donors (Lipinski definition) is 3. The smallest absolute Gasteiger partial charge is 0.276 e. The molecule has 8 heteroatoms. The van der Waals surface area contributed by atoms with E-state index >= 15 is 0 Å². The number of ether oxygens (including phenoxy) is 1. The van der Waals surface area contributed by atoms with E-state index < -0.39 is 24.1 Å². The average Bonchev–Trinajstić information content (AvgIpc) is 2.35. The molecule has 0 aliphatic rings. The molecule has 0 heterocycles. The second-order valence-corrected chi connectivity index (χ2v) is 3.80. The van der Waals surface area contributed by atoms with E-state index in [-0.39, 0.29) is 10.9 Å². The van der Waals surface area contributed by atoms with Crippen molar-refractivity contribution in [3.05, 3.63) is 29.8 Å². The number of thiocarbonyl (C=S) groups is 1. The maximum atomic E-state index is 13.2. The van der Waals surface area contributed by atoms with E-state index in [9.17, 15) is 13.6 Å². The molecule has 19 heavy (non-hydrogen) atoms. The predicted molar refractivity (Wildman–Crippen MR) is 69.4 cm³/mol. The molecule has 0 aliphatic carbocycles. The van der Waals surface area contributed by atoms with Crippen LogP contribution in [0.1, 0.15) is 6.92 Å². The molecule has 0 unspecified atom stereocenters. The Morgan fingerprint density at radius 1 is 1.37 bits per heavy atom. The zero-order chi connectivity index (χ0) is 14.3. The van der Waals surface area contributed by atoms with E-state index in [0.717, 1.165) is 12.1 Å². The summed E-state index contributed by atoms with van der Waals surface area (Å²) in [6.45, 7) is 2.03. The molecule has 0 aromatic heterocycles. The Kier molecular flexibility index (Phi) is 5.94. The third-order valence-corrected chi connectivity index (χ3v) is 2.15. The molecule has 1 amide bonds. The number of benzene rings is 1. The van der Waals surface area contributed by atoms with Gasteiger partial charge in [0.1, 0.15) is 5.82 Å². The molecule has 1 aromatic carbocycles. The number of carbonyl (C=O) groups is 1. The SMILES string of the molecule is CCNC(=S)NNC(=O)COc1ccc(F)cc1F. The first kappa shape index (κ1) is 15.1. The summed E-state index contributed by atoms with van der Waals surface area (Å²) >= 11 is 4.80. The lowest BCUT2D eigenvalue weighted by molar-refractivity contribution is -0.123. The van der Waals surface area contributed by atoms with E-state index in [1.807, 2.05) is 6.92 Å². The molecule has 0 aliphatic heterocycles. The molecule has 1 rings (SSSR count). The summed E-state index contributed by atoms with van der Waals surface area (Å²) in [5, 5.41) is 3.01. The van der Waals surface area contributed by atoms with Crippen molar-refractivity contribution in [2.24, 2.45) is 0 Å². The van der Waals surface area contributed by atoms with Gasteiger partial charge in [-0.25, -0.2) is 8.78 Å². The van der Waals surface area contributed by atoms with Crippen molar-refractivity contribution < 1.29 is 18.3 Å². The fourth-order valence-corrected chi connectivity index (χ4v) is 1.30. The lowest BCUT2D eigenvalue weighted by atomic mass is 10.3. The molecule has 1 aromatic rings. The van der Waals surface area contributed by atoms with Gasteiger partial charge in [0.15, 0.2) is 23.3 Å². The Hall–Kier alpha value is -1.96. The Morgan fingerprint density at radius 3 is 2.74 bits per heavy atom. The third-order valence-electron chi connectivity index (χ3n) is 1.91. The van der Waals surface area contributed by atoms with Gasteiger partial charge in [-0.3, -0.25) is 15.6 Å². The van der Waals surface area contributed by atoms with E-state index in [4.69, 9.17) is 17.0 Å². The van der Waals surface area contributed by atoms with Gasteiger partial charge < -0.3 is 10.1 Å². The number of nitrogens with one attached hydrogen (secondary N) is 3. The Bertz CT molecular complexity index is 471. The van der Waals surface area contributed by atoms with Crippen molar-refractivity contribution in [3.8, 4) is 5.75 Å². The van der Waals surface area contributed by atoms with Crippen LogP contribution in [-0.2, 0) is 4.79 Å². The fourth-order valence-electron chi connectivity index (χ4n) is 1.10. The van der Waals surface area contributed by atoms with Crippen LogP contribution < -0.4 is 20.9 Å². The molecule has 0 atom stereocenters. The van der Waals surface area contributed by atoms with Gasteiger partial charge in [-0.1, -0.05) is 0 Å². The molecular formula is C11H13F2N3O2S. The van der Waals surface area contributed by atoms with Crippen LogP contribution in [0.5, 0.6) is 5.75 Å². The monoisotopic (exact) mass is 289 g/mol. The predicted octanol–water partition coefficient (Wildman–Crippen LogP) is 0.859. The lowest BCUT2D eigenvalue weighted by Gasteiger charge is -2.11. The number of hydrazine groups is 1. The standard InChI is InChI=1S/C11H13F2N3O2S/c1-2-14-11(19)16-15-10(17)6-18-9-4-3-7(12)5-8(9)13/h3-5H,2,6H2,1H3,(H,15,17)(H2,14,16,19). The topological polar surface area (TPSA) is 62.4 Å². The Balaban J connectivity index is 2.36. The third kappa shape index (κ3) is 5.47. The Morgan fingerprint density at radius 2 is 2.11 bits per heavy atom. The molecule has 104 valence electrons. The zero-order valence-corrected chi connectivity index (χ0v) is 10.9. The zero-order valence-electron chi connectivity index (χ0n) is 10.1. The molecule has 0 fully saturated rings. The van der Waals surface area contributed by atoms with Gasteiger partial charge in [-0.2, -0.15) is 0 Å². The lowest BCUT2D eigenvalue weighted by Crippen LogP contribution is -2.48.